The first kappa shape index (κ1) is 32.1. The second kappa shape index (κ2) is 13.9. The van der Waals surface area contributed by atoms with Gasteiger partial charge in [-0.1, -0.05) is 72.8 Å². The highest BCUT2D eigenvalue weighted by atomic mass is 16.7. The largest absolute Gasteiger partial charge is 0.392 e. The van der Waals surface area contributed by atoms with E-state index in [-0.39, 0.29) is 30.4 Å². The summed E-state index contributed by atoms with van der Waals surface area (Å²) in [6.45, 7) is 5.96. The molecule has 248 valence electrons. The summed E-state index contributed by atoms with van der Waals surface area (Å²) in [5.74, 6) is 2.41. The molecular formula is C40H49N3O4. The molecule has 3 atom stereocenters. The number of aliphatic hydroxyl groups is 1. The van der Waals surface area contributed by atoms with Crippen LogP contribution in [0.5, 0.6) is 0 Å². The molecule has 1 aliphatic heterocycles. The van der Waals surface area contributed by atoms with E-state index in [1.807, 2.05) is 30.3 Å². The number of aliphatic hydroxyl groups excluding tert-OH is 1. The summed E-state index contributed by atoms with van der Waals surface area (Å²) in [7, 11) is 2.08. The number of rotatable bonds is 11. The molecule has 7 heteroatoms. The van der Waals surface area contributed by atoms with Gasteiger partial charge in [0.05, 0.1) is 18.8 Å². The van der Waals surface area contributed by atoms with E-state index in [9.17, 15) is 9.90 Å². The van der Waals surface area contributed by atoms with E-state index in [1.165, 1.54) is 19.3 Å². The molecular weight excluding hydrogens is 586 g/mol. The molecule has 5 fully saturated rings. The first-order valence-corrected chi connectivity index (χ1v) is 17.4. The van der Waals surface area contributed by atoms with Gasteiger partial charge in [0.25, 0.3) is 0 Å². The van der Waals surface area contributed by atoms with Gasteiger partial charge in [-0.3, -0.25) is 0 Å². The Hall–Kier alpha value is -3.49. The van der Waals surface area contributed by atoms with E-state index < -0.39 is 6.29 Å². The Morgan fingerprint density at radius 2 is 1.57 bits per heavy atom. The van der Waals surface area contributed by atoms with Gasteiger partial charge >= 0.3 is 6.03 Å². The predicted molar refractivity (Wildman–Crippen MR) is 184 cm³/mol. The Labute approximate surface area is 279 Å². The number of likely N-dealkylation sites (N-methyl/N-ethyl adjacent to an activating group) is 1. The Kier molecular flexibility index (Phi) is 9.51. The quantitative estimate of drug-likeness (QED) is 0.193. The number of nitrogens with zero attached hydrogens (tertiary/aromatic N) is 1. The number of carbonyl (C=O) groups excluding carboxylic acids is 1. The molecule has 3 N–H and O–H groups in total. The fourth-order valence-corrected chi connectivity index (χ4v) is 9.10. The number of amides is 2. The van der Waals surface area contributed by atoms with E-state index in [1.54, 1.807) is 0 Å². The van der Waals surface area contributed by atoms with Crippen LogP contribution in [0.15, 0.2) is 85.5 Å². The molecule has 3 aromatic rings. The van der Waals surface area contributed by atoms with E-state index in [2.05, 4.69) is 77.7 Å². The maximum Gasteiger partial charge on any atom is 0.315 e. The SMILES string of the molecule is C=CCN(C)C[C@H]1C[C@@H](c2ccc(CO)cc2)O[C@@H](c2ccc(-c3cccc(CNC(=O)NC45CC6CC(CC(C6)C4)C5)c3)cc2)O1. The highest BCUT2D eigenvalue weighted by Crippen LogP contribution is 2.55. The summed E-state index contributed by atoms with van der Waals surface area (Å²) in [5, 5.41) is 16.1. The van der Waals surface area contributed by atoms with Crippen molar-refractivity contribution >= 4 is 6.03 Å². The van der Waals surface area contributed by atoms with Gasteiger partial charge in [-0.2, -0.15) is 0 Å². The fourth-order valence-electron chi connectivity index (χ4n) is 9.10. The van der Waals surface area contributed by atoms with Crippen LogP contribution in [-0.4, -0.2) is 47.8 Å². The Morgan fingerprint density at radius 3 is 2.23 bits per heavy atom. The normalized spacial score (nSPS) is 29.5. The average molecular weight is 636 g/mol. The monoisotopic (exact) mass is 635 g/mol. The van der Waals surface area contributed by atoms with Crippen LogP contribution in [0.25, 0.3) is 11.1 Å². The zero-order chi connectivity index (χ0) is 32.4. The van der Waals surface area contributed by atoms with Crippen molar-refractivity contribution in [1.82, 2.24) is 15.5 Å². The predicted octanol–water partition coefficient (Wildman–Crippen LogP) is 7.28. The highest BCUT2D eigenvalue weighted by molar-refractivity contribution is 5.75. The Balaban J connectivity index is 0.996. The summed E-state index contributed by atoms with van der Waals surface area (Å²) in [6.07, 6.45) is 9.59. The molecule has 5 aliphatic rings. The molecule has 1 heterocycles. The smallest absolute Gasteiger partial charge is 0.315 e. The van der Waals surface area contributed by atoms with Crippen LogP contribution in [0.1, 0.15) is 79.6 Å². The molecule has 2 amide bonds. The molecule has 1 saturated heterocycles. The van der Waals surface area contributed by atoms with Gasteiger partial charge in [0, 0.05) is 37.2 Å². The highest BCUT2D eigenvalue weighted by Gasteiger charge is 2.51. The fraction of sp³-hybridized carbons (Fsp3) is 0.475. The third kappa shape index (κ3) is 7.49. The van der Waals surface area contributed by atoms with Crippen molar-refractivity contribution in [3.63, 3.8) is 0 Å². The van der Waals surface area contributed by atoms with Gasteiger partial charge in [0.1, 0.15) is 0 Å². The van der Waals surface area contributed by atoms with Crippen molar-refractivity contribution in [3.8, 4) is 11.1 Å². The third-order valence-corrected chi connectivity index (χ3v) is 10.9. The molecule has 0 radical (unpaired) electrons. The minimum absolute atomic E-state index is 0.00905. The van der Waals surface area contributed by atoms with Crippen molar-refractivity contribution in [2.24, 2.45) is 17.8 Å². The van der Waals surface area contributed by atoms with Crippen molar-refractivity contribution in [2.75, 3.05) is 20.1 Å². The lowest BCUT2D eigenvalue weighted by molar-refractivity contribution is -0.252. The van der Waals surface area contributed by atoms with E-state index >= 15 is 0 Å². The first-order chi connectivity index (χ1) is 22.9. The van der Waals surface area contributed by atoms with Crippen LogP contribution in [0.2, 0.25) is 0 Å². The van der Waals surface area contributed by atoms with Crippen LogP contribution in [0.3, 0.4) is 0 Å². The minimum atomic E-state index is -0.495. The lowest BCUT2D eigenvalue weighted by atomic mass is 9.53. The van der Waals surface area contributed by atoms with Crippen molar-refractivity contribution in [3.05, 3.63) is 108 Å². The molecule has 0 unspecified atom stereocenters. The molecule has 0 aromatic heterocycles. The van der Waals surface area contributed by atoms with E-state index in [4.69, 9.17) is 9.47 Å². The maximum atomic E-state index is 13.0. The molecule has 4 bridgehead atoms. The van der Waals surface area contributed by atoms with Crippen molar-refractivity contribution in [2.45, 2.75) is 82.1 Å². The number of hydrogen-bond donors (Lipinski definition) is 3. The van der Waals surface area contributed by atoms with Gasteiger partial charge in [0.2, 0.25) is 0 Å². The van der Waals surface area contributed by atoms with Crippen LogP contribution in [0.4, 0.5) is 4.79 Å². The standard InChI is InChI=1S/C40H49N3O4/c1-3-15-43(2)25-36-20-37(33-9-7-27(26-44)8-10-33)47-38(46-36)34-13-11-32(12-14-34)35-6-4-5-28(19-35)24-41-39(45)42-40-21-29-16-30(22-40)18-31(17-29)23-40/h3-14,19,29-31,36-38,44H,1,15-18,20-26H2,2H3,(H2,41,42,45)/t29?,30?,31?,36-,37+,38+,40?/m1/s1. The molecule has 4 aliphatic carbocycles. The number of ether oxygens (including phenoxy) is 2. The summed E-state index contributed by atoms with van der Waals surface area (Å²) in [5.41, 5.74) is 6.24. The lowest BCUT2D eigenvalue weighted by Crippen LogP contribution is -2.61. The first-order valence-electron chi connectivity index (χ1n) is 17.4. The summed E-state index contributed by atoms with van der Waals surface area (Å²) < 4.78 is 13.0. The van der Waals surface area contributed by atoms with Crippen molar-refractivity contribution in [1.29, 1.82) is 0 Å². The number of urea groups is 1. The zero-order valence-corrected chi connectivity index (χ0v) is 27.6. The maximum absolute atomic E-state index is 13.0. The second-order valence-corrected chi connectivity index (χ2v) is 14.7. The molecule has 8 rings (SSSR count). The summed E-state index contributed by atoms with van der Waals surface area (Å²) in [4.78, 5) is 15.2. The van der Waals surface area contributed by atoms with Crippen LogP contribution < -0.4 is 10.6 Å². The van der Waals surface area contributed by atoms with E-state index in [0.717, 1.165) is 89.9 Å². The molecule has 47 heavy (non-hydrogen) atoms. The average Bonchev–Trinajstić information content (AvgIpc) is 3.07. The Morgan fingerprint density at radius 1 is 0.894 bits per heavy atom. The zero-order valence-electron chi connectivity index (χ0n) is 27.6. The molecule has 3 aromatic carbocycles. The molecule has 0 spiro atoms. The van der Waals surface area contributed by atoms with Crippen molar-refractivity contribution < 1.29 is 19.4 Å². The Bertz CT molecular complexity index is 1500. The minimum Gasteiger partial charge on any atom is -0.392 e. The summed E-state index contributed by atoms with van der Waals surface area (Å²) in [6, 6.07) is 24.8. The number of benzene rings is 3. The van der Waals surface area contributed by atoms with Gasteiger partial charge < -0.3 is 30.1 Å². The topological polar surface area (TPSA) is 83.1 Å². The third-order valence-electron chi connectivity index (χ3n) is 10.9. The van der Waals surface area contributed by atoms with Crippen LogP contribution in [-0.2, 0) is 22.6 Å². The van der Waals surface area contributed by atoms with Gasteiger partial charge in [-0.15, -0.1) is 6.58 Å². The van der Waals surface area contributed by atoms with E-state index in [0.29, 0.717) is 6.54 Å². The summed E-state index contributed by atoms with van der Waals surface area (Å²) >= 11 is 0. The van der Waals surface area contributed by atoms with Crippen LogP contribution in [0, 0.1) is 17.8 Å². The van der Waals surface area contributed by atoms with Gasteiger partial charge in [-0.05, 0) is 97.2 Å². The van der Waals surface area contributed by atoms with Gasteiger partial charge in [-0.25, -0.2) is 4.79 Å². The van der Waals surface area contributed by atoms with Crippen LogP contribution >= 0.6 is 0 Å². The second-order valence-electron chi connectivity index (χ2n) is 14.7. The van der Waals surface area contributed by atoms with Gasteiger partial charge in [0.15, 0.2) is 6.29 Å². The number of hydrogen-bond acceptors (Lipinski definition) is 5. The lowest BCUT2D eigenvalue weighted by Gasteiger charge is -2.56. The molecule has 4 saturated carbocycles. The molecule has 7 nitrogen and oxygen atoms in total. The number of carbonyl (C=O) groups is 1. The number of nitrogens with one attached hydrogen (secondary N) is 2.